The van der Waals surface area contributed by atoms with Crippen molar-refractivity contribution in [1.82, 2.24) is 14.4 Å². The van der Waals surface area contributed by atoms with Crippen LogP contribution in [-0.2, 0) is 5.41 Å². The van der Waals surface area contributed by atoms with Gasteiger partial charge in [-0.2, -0.15) is 0 Å². The molecule has 74 valence electrons. The average molecular weight is 254 g/mol. The number of aromatic nitrogens is 3. The zero-order valence-electron chi connectivity index (χ0n) is 8.45. The third-order valence-electron chi connectivity index (χ3n) is 2.07. The van der Waals surface area contributed by atoms with Crippen molar-refractivity contribution in [3.63, 3.8) is 0 Å². The molecule has 0 saturated heterocycles. The molecule has 0 aliphatic rings. The molecule has 2 aromatic heterocycles. The van der Waals surface area contributed by atoms with Gasteiger partial charge in [-0.25, -0.2) is 4.98 Å². The van der Waals surface area contributed by atoms with Crippen LogP contribution in [0.4, 0.5) is 0 Å². The molecule has 0 radical (unpaired) electrons. The molecule has 0 aromatic carbocycles. The second kappa shape index (κ2) is 3.05. The Hall–Kier alpha value is -0.900. The second-order valence-electron chi connectivity index (χ2n) is 4.31. The van der Waals surface area contributed by atoms with Crippen LogP contribution in [0, 0.1) is 0 Å². The van der Waals surface area contributed by atoms with E-state index in [-0.39, 0.29) is 5.41 Å². The van der Waals surface area contributed by atoms with Crippen LogP contribution in [0.3, 0.4) is 0 Å². The molecule has 0 N–H and O–H groups in total. The van der Waals surface area contributed by atoms with Crippen LogP contribution in [0.2, 0.25) is 0 Å². The van der Waals surface area contributed by atoms with Crippen molar-refractivity contribution in [3.8, 4) is 0 Å². The molecule has 0 aliphatic carbocycles. The summed E-state index contributed by atoms with van der Waals surface area (Å²) in [6.07, 6.45) is 5.52. The summed E-state index contributed by atoms with van der Waals surface area (Å²) in [5, 5.41) is 0. The Labute approximate surface area is 91.3 Å². The Morgan fingerprint density at radius 1 is 1.36 bits per heavy atom. The number of nitrogens with zero attached hydrogens (tertiary/aromatic N) is 3. The molecule has 0 aliphatic heterocycles. The summed E-state index contributed by atoms with van der Waals surface area (Å²) in [7, 11) is 0. The highest BCUT2D eigenvalue weighted by Gasteiger charge is 2.21. The minimum absolute atomic E-state index is 0.0380. The van der Waals surface area contributed by atoms with E-state index in [1.54, 1.807) is 6.20 Å². The first-order valence-electron chi connectivity index (χ1n) is 4.48. The quantitative estimate of drug-likeness (QED) is 0.723. The first-order valence-corrected chi connectivity index (χ1v) is 5.27. The van der Waals surface area contributed by atoms with Crippen LogP contribution in [0.5, 0.6) is 0 Å². The lowest BCUT2D eigenvalue weighted by Crippen LogP contribution is -2.15. The van der Waals surface area contributed by atoms with E-state index in [1.165, 1.54) is 0 Å². The predicted octanol–water partition coefficient (Wildman–Crippen LogP) is 2.79. The Balaban J connectivity index is 2.80. The molecule has 2 aromatic rings. The van der Waals surface area contributed by atoms with E-state index in [4.69, 9.17) is 0 Å². The number of fused-ring (bicyclic) bond motifs is 1. The molecule has 0 unspecified atom stereocenters. The van der Waals surface area contributed by atoms with E-state index in [9.17, 15) is 0 Å². The van der Waals surface area contributed by atoms with E-state index in [2.05, 4.69) is 51.1 Å². The van der Waals surface area contributed by atoms with Gasteiger partial charge in [0.2, 0.25) is 0 Å². The lowest BCUT2D eigenvalue weighted by atomic mass is 9.96. The van der Waals surface area contributed by atoms with E-state index < -0.39 is 0 Å². The zero-order valence-corrected chi connectivity index (χ0v) is 10.0. The second-order valence-corrected chi connectivity index (χ2v) is 5.06. The number of hydrogen-bond donors (Lipinski definition) is 0. The molecule has 2 heterocycles. The third kappa shape index (κ3) is 1.43. The first-order chi connectivity index (χ1) is 6.50. The highest BCUT2D eigenvalue weighted by molar-refractivity contribution is 9.10. The van der Waals surface area contributed by atoms with Gasteiger partial charge in [-0.15, -0.1) is 0 Å². The topological polar surface area (TPSA) is 30.2 Å². The highest BCUT2D eigenvalue weighted by atomic mass is 79.9. The largest absolute Gasteiger partial charge is 0.299 e. The van der Waals surface area contributed by atoms with Gasteiger partial charge in [0.05, 0.1) is 11.7 Å². The summed E-state index contributed by atoms with van der Waals surface area (Å²) in [6, 6.07) is 0. The van der Waals surface area contributed by atoms with Crippen LogP contribution in [0.15, 0.2) is 23.2 Å². The molecule has 3 nitrogen and oxygen atoms in total. The standard InChI is InChI=1S/C10H12BrN3/c1-10(2,3)9-13-8(11)7-6-12-4-5-14(7)9/h4-6H,1-3H3. The van der Waals surface area contributed by atoms with Gasteiger partial charge in [-0.05, 0) is 15.9 Å². The minimum atomic E-state index is 0.0380. The van der Waals surface area contributed by atoms with Gasteiger partial charge in [-0.1, -0.05) is 20.8 Å². The molecule has 0 bridgehead atoms. The smallest absolute Gasteiger partial charge is 0.133 e. The average Bonchev–Trinajstić information content (AvgIpc) is 2.44. The zero-order chi connectivity index (χ0) is 10.3. The Bertz CT molecular complexity index is 468. The molecule has 2 rings (SSSR count). The van der Waals surface area contributed by atoms with Crippen molar-refractivity contribution in [3.05, 3.63) is 29.0 Å². The monoisotopic (exact) mass is 253 g/mol. The number of imidazole rings is 1. The fourth-order valence-corrected chi connectivity index (χ4v) is 1.89. The summed E-state index contributed by atoms with van der Waals surface area (Å²) in [6.45, 7) is 6.44. The van der Waals surface area contributed by atoms with Gasteiger partial charge in [0, 0.05) is 17.8 Å². The number of rotatable bonds is 0. The Kier molecular flexibility index (Phi) is 2.10. The van der Waals surface area contributed by atoms with Crippen LogP contribution in [0.25, 0.3) is 5.52 Å². The normalized spacial score (nSPS) is 12.3. The molecule has 0 atom stereocenters. The van der Waals surface area contributed by atoms with Gasteiger partial charge in [-0.3, -0.25) is 9.38 Å². The molecular formula is C10H12BrN3. The Morgan fingerprint density at radius 3 is 2.71 bits per heavy atom. The summed E-state index contributed by atoms with van der Waals surface area (Å²) < 4.78 is 2.92. The summed E-state index contributed by atoms with van der Waals surface area (Å²) >= 11 is 3.44. The molecule has 0 fully saturated rings. The van der Waals surface area contributed by atoms with E-state index >= 15 is 0 Å². The van der Waals surface area contributed by atoms with Crippen molar-refractivity contribution in [2.24, 2.45) is 0 Å². The first kappa shape index (κ1) is 9.65. The van der Waals surface area contributed by atoms with Gasteiger partial charge in [0.25, 0.3) is 0 Å². The van der Waals surface area contributed by atoms with E-state index in [0.29, 0.717) is 0 Å². The molecular weight excluding hydrogens is 242 g/mol. The van der Waals surface area contributed by atoms with E-state index in [0.717, 1.165) is 15.9 Å². The molecule has 0 amide bonds. The minimum Gasteiger partial charge on any atom is -0.299 e. The molecule has 0 spiro atoms. The van der Waals surface area contributed by atoms with Crippen LogP contribution in [-0.4, -0.2) is 14.4 Å². The van der Waals surface area contributed by atoms with Crippen molar-refractivity contribution in [1.29, 1.82) is 0 Å². The van der Waals surface area contributed by atoms with Crippen LogP contribution >= 0.6 is 15.9 Å². The van der Waals surface area contributed by atoms with Crippen LogP contribution in [0.1, 0.15) is 26.6 Å². The number of halogens is 1. The maximum atomic E-state index is 4.50. The van der Waals surface area contributed by atoms with Gasteiger partial charge >= 0.3 is 0 Å². The van der Waals surface area contributed by atoms with Gasteiger partial charge < -0.3 is 0 Å². The highest BCUT2D eigenvalue weighted by Crippen LogP contribution is 2.26. The molecule has 0 saturated carbocycles. The lowest BCUT2D eigenvalue weighted by Gasteiger charge is -2.16. The number of hydrogen-bond acceptors (Lipinski definition) is 2. The lowest BCUT2D eigenvalue weighted by molar-refractivity contribution is 0.542. The molecule has 4 heteroatoms. The van der Waals surface area contributed by atoms with Gasteiger partial charge in [0.1, 0.15) is 10.4 Å². The maximum Gasteiger partial charge on any atom is 0.133 e. The van der Waals surface area contributed by atoms with E-state index in [1.807, 2.05) is 12.4 Å². The van der Waals surface area contributed by atoms with Crippen molar-refractivity contribution < 1.29 is 0 Å². The van der Waals surface area contributed by atoms with Crippen molar-refractivity contribution in [2.45, 2.75) is 26.2 Å². The van der Waals surface area contributed by atoms with Crippen LogP contribution < -0.4 is 0 Å². The summed E-state index contributed by atoms with van der Waals surface area (Å²) in [4.78, 5) is 8.58. The third-order valence-corrected chi connectivity index (χ3v) is 2.66. The van der Waals surface area contributed by atoms with Crippen molar-refractivity contribution >= 4 is 21.4 Å². The molecule has 14 heavy (non-hydrogen) atoms. The van der Waals surface area contributed by atoms with Gasteiger partial charge in [0.15, 0.2) is 0 Å². The Morgan fingerprint density at radius 2 is 2.07 bits per heavy atom. The fourth-order valence-electron chi connectivity index (χ4n) is 1.43. The fraction of sp³-hybridized carbons (Fsp3) is 0.400. The predicted molar refractivity (Wildman–Crippen MR) is 59.4 cm³/mol. The summed E-state index contributed by atoms with van der Waals surface area (Å²) in [5.41, 5.74) is 1.05. The summed E-state index contributed by atoms with van der Waals surface area (Å²) in [5.74, 6) is 1.04. The van der Waals surface area contributed by atoms with Crippen molar-refractivity contribution in [2.75, 3.05) is 0 Å². The SMILES string of the molecule is CC(C)(C)c1nc(Br)c2cnccn12. The maximum absolute atomic E-state index is 4.50.